The van der Waals surface area contributed by atoms with Gasteiger partial charge < -0.3 is 0 Å². The van der Waals surface area contributed by atoms with E-state index < -0.39 is 0 Å². The summed E-state index contributed by atoms with van der Waals surface area (Å²) in [6, 6.07) is 35.8. The molecule has 0 saturated carbocycles. The van der Waals surface area contributed by atoms with Gasteiger partial charge in [0, 0.05) is 11.1 Å². The maximum atomic E-state index is 2.57. The number of nitrogens with zero attached hydrogens (tertiary/aromatic N) is 2. The number of rotatable bonds is 6. The monoisotopic (exact) mass is 459 g/mol. The van der Waals surface area contributed by atoms with Gasteiger partial charge in [-0.1, -0.05) is 97.1 Å². The van der Waals surface area contributed by atoms with Crippen molar-refractivity contribution in [2.24, 2.45) is 0 Å². The first-order valence-corrected chi connectivity index (χ1v) is 12.6. The first-order valence-electron chi connectivity index (χ1n) is 12.6. The molecule has 0 N–H and O–H groups in total. The molecular weight excluding hydrogens is 424 g/mol. The van der Waals surface area contributed by atoms with E-state index >= 15 is 0 Å². The number of aryl methyl sites for hydroxylation is 4. The Labute approximate surface area is 210 Å². The van der Waals surface area contributed by atoms with Crippen molar-refractivity contribution in [1.29, 1.82) is 0 Å². The summed E-state index contributed by atoms with van der Waals surface area (Å²) in [7, 11) is 0. The van der Waals surface area contributed by atoms with Gasteiger partial charge in [0.2, 0.25) is 6.34 Å². The van der Waals surface area contributed by atoms with Gasteiger partial charge in [0.15, 0.2) is 12.1 Å². The summed E-state index contributed by atoms with van der Waals surface area (Å²) in [4.78, 5) is 2.57. The first kappa shape index (κ1) is 23.1. The summed E-state index contributed by atoms with van der Waals surface area (Å²) < 4.78 is 2.57. The van der Waals surface area contributed by atoms with Crippen LogP contribution in [0.5, 0.6) is 0 Å². The average Bonchev–Trinajstić information content (AvgIpc) is 3.23. The minimum atomic E-state index is 0.224. The van der Waals surface area contributed by atoms with Gasteiger partial charge in [-0.2, -0.15) is 0 Å². The van der Waals surface area contributed by atoms with Crippen LogP contribution in [0.2, 0.25) is 0 Å². The highest BCUT2D eigenvalue weighted by molar-refractivity contribution is 5.55. The molecule has 0 bridgehead atoms. The molecule has 4 aromatic carbocycles. The van der Waals surface area contributed by atoms with Crippen molar-refractivity contribution in [2.45, 2.75) is 52.9 Å². The SMILES string of the molecule is Cc1cccc(C)c1CN1C=[N+](Cc2c(C)cccc2C)[C@@H](c2ccccc2)[C@@H]1c1ccccc1. The van der Waals surface area contributed by atoms with Crippen LogP contribution in [0.4, 0.5) is 0 Å². The van der Waals surface area contributed by atoms with E-state index in [2.05, 4.69) is 141 Å². The predicted octanol–water partition coefficient (Wildman–Crippen LogP) is 7.46. The van der Waals surface area contributed by atoms with Gasteiger partial charge in [-0.3, -0.25) is 9.48 Å². The maximum absolute atomic E-state index is 2.57. The van der Waals surface area contributed by atoms with Gasteiger partial charge in [-0.05, 0) is 61.1 Å². The highest BCUT2D eigenvalue weighted by Gasteiger charge is 2.44. The van der Waals surface area contributed by atoms with E-state index in [4.69, 9.17) is 0 Å². The molecule has 2 atom stereocenters. The van der Waals surface area contributed by atoms with Crippen LogP contribution in [0, 0.1) is 27.7 Å². The van der Waals surface area contributed by atoms with Crippen molar-refractivity contribution in [1.82, 2.24) is 4.90 Å². The highest BCUT2D eigenvalue weighted by Crippen LogP contribution is 2.42. The smallest absolute Gasteiger partial charge is 0.236 e. The fraction of sp³-hybridized carbons (Fsp3) is 0.242. The van der Waals surface area contributed by atoms with Crippen LogP contribution in [0.3, 0.4) is 0 Å². The molecule has 2 nitrogen and oxygen atoms in total. The lowest BCUT2D eigenvalue weighted by Gasteiger charge is -2.25. The minimum absolute atomic E-state index is 0.224. The van der Waals surface area contributed by atoms with E-state index in [1.165, 1.54) is 44.5 Å². The predicted molar refractivity (Wildman–Crippen MR) is 146 cm³/mol. The lowest BCUT2D eigenvalue weighted by molar-refractivity contribution is -0.578. The van der Waals surface area contributed by atoms with Gasteiger partial charge in [0.25, 0.3) is 0 Å². The van der Waals surface area contributed by atoms with Crippen molar-refractivity contribution < 1.29 is 4.58 Å². The molecule has 4 aromatic rings. The molecule has 35 heavy (non-hydrogen) atoms. The van der Waals surface area contributed by atoms with Crippen LogP contribution in [-0.4, -0.2) is 15.8 Å². The second-order valence-corrected chi connectivity index (χ2v) is 9.91. The number of benzene rings is 4. The molecule has 1 aliphatic rings. The van der Waals surface area contributed by atoms with Crippen molar-refractivity contribution in [3.05, 3.63) is 142 Å². The molecule has 0 aliphatic carbocycles. The normalized spacial score (nSPS) is 17.5. The third kappa shape index (κ3) is 4.66. The Morgan fingerprint density at radius 3 is 1.60 bits per heavy atom. The van der Waals surface area contributed by atoms with Crippen molar-refractivity contribution in [3.63, 3.8) is 0 Å². The maximum Gasteiger partial charge on any atom is 0.236 e. The number of hydrogen-bond donors (Lipinski definition) is 0. The Morgan fingerprint density at radius 2 is 1.06 bits per heavy atom. The average molecular weight is 460 g/mol. The van der Waals surface area contributed by atoms with E-state index in [0.29, 0.717) is 0 Å². The molecule has 176 valence electrons. The second-order valence-electron chi connectivity index (χ2n) is 9.91. The standard InChI is InChI=1S/C33H35N2/c1-24-13-11-14-25(2)30(24)21-34-23-35(22-31-26(3)15-12-16-27(31)4)33(29-19-9-6-10-20-29)32(34)28-17-7-5-8-18-28/h5-20,23,32-33H,21-22H2,1-4H3/q+1/t32-,33-/m0/s1. The van der Waals surface area contributed by atoms with Gasteiger partial charge in [-0.25, -0.2) is 0 Å². The molecule has 0 amide bonds. The molecule has 1 heterocycles. The van der Waals surface area contributed by atoms with Gasteiger partial charge in [-0.15, -0.1) is 0 Å². The lowest BCUT2D eigenvalue weighted by Crippen LogP contribution is -2.27. The van der Waals surface area contributed by atoms with E-state index in [0.717, 1.165) is 13.1 Å². The quantitative estimate of drug-likeness (QED) is 0.271. The van der Waals surface area contributed by atoms with Gasteiger partial charge in [0.05, 0.1) is 0 Å². The van der Waals surface area contributed by atoms with Crippen LogP contribution in [0.25, 0.3) is 0 Å². The molecule has 0 fully saturated rings. The van der Waals surface area contributed by atoms with Crippen LogP contribution in [-0.2, 0) is 13.1 Å². The Hall–Kier alpha value is -3.65. The topological polar surface area (TPSA) is 6.25 Å². The minimum Gasteiger partial charge on any atom is -0.252 e. The van der Waals surface area contributed by atoms with E-state index in [1.54, 1.807) is 0 Å². The molecule has 0 spiro atoms. The van der Waals surface area contributed by atoms with Crippen LogP contribution < -0.4 is 0 Å². The summed E-state index contributed by atoms with van der Waals surface area (Å²) in [6.45, 7) is 10.7. The summed E-state index contributed by atoms with van der Waals surface area (Å²) in [6.07, 6.45) is 2.40. The lowest BCUT2D eigenvalue weighted by atomic mass is 9.91. The van der Waals surface area contributed by atoms with Gasteiger partial charge in [0.1, 0.15) is 13.1 Å². The Kier molecular flexibility index (Phi) is 6.55. The molecule has 5 rings (SSSR count). The molecule has 0 aromatic heterocycles. The van der Waals surface area contributed by atoms with Crippen molar-refractivity contribution >= 4 is 6.34 Å². The van der Waals surface area contributed by atoms with Crippen molar-refractivity contribution in [2.75, 3.05) is 0 Å². The molecule has 1 aliphatic heterocycles. The molecule has 0 unspecified atom stereocenters. The second kappa shape index (κ2) is 9.92. The van der Waals surface area contributed by atoms with E-state index in [-0.39, 0.29) is 12.1 Å². The van der Waals surface area contributed by atoms with Crippen molar-refractivity contribution in [3.8, 4) is 0 Å². The molecule has 0 radical (unpaired) electrons. The third-order valence-corrected chi connectivity index (χ3v) is 7.56. The van der Waals surface area contributed by atoms with Crippen LogP contribution in [0.1, 0.15) is 56.6 Å². The summed E-state index contributed by atoms with van der Waals surface area (Å²) >= 11 is 0. The molecule has 2 heteroatoms. The summed E-state index contributed by atoms with van der Waals surface area (Å²) in [5.74, 6) is 0. The zero-order chi connectivity index (χ0) is 24.4. The zero-order valence-electron chi connectivity index (χ0n) is 21.3. The Bertz CT molecular complexity index is 1300. The number of hydrogen-bond acceptors (Lipinski definition) is 1. The highest BCUT2D eigenvalue weighted by atomic mass is 15.3. The Morgan fingerprint density at radius 1 is 0.571 bits per heavy atom. The third-order valence-electron chi connectivity index (χ3n) is 7.56. The van der Waals surface area contributed by atoms with Crippen LogP contribution in [0.15, 0.2) is 97.1 Å². The van der Waals surface area contributed by atoms with Gasteiger partial charge >= 0.3 is 0 Å². The van der Waals surface area contributed by atoms with E-state index in [1.807, 2.05) is 0 Å². The fourth-order valence-electron chi connectivity index (χ4n) is 5.59. The summed E-state index contributed by atoms with van der Waals surface area (Å²) in [5, 5.41) is 0. The van der Waals surface area contributed by atoms with Crippen LogP contribution >= 0.6 is 0 Å². The van der Waals surface area contributed by atoms with E-state index in [9.17, 15) is 0 Å². The Balaban J connectivity index is 1.64. The first-order chi connectivity index (χ1) is 17.0. The largest absolute Gasteiger partial charge is 0.252 e. The fourth-order valence-corrected chi connectivity index (χ4v) is 5.59. The summed E-state index contributed by atoms with van der Waals surface area (Å²) in [5.41, 5.74) is 11.0. The molecular formula is C33H35N2+. The zero-order valence-corrected chi connectivity index (χ0v) is 21.3. The molecule has 0 saturated heterocycles.